The number of carbonyl (C=O) groups is 1. The number of nitrogens with zero attached hydrogens (tertiary/aromatic N) is 2. The Hall–Kier alpha value is -1.36. The average Bonchev–Trinajstić information content (AvgIpc) is 2.99. The smallest absolute Gasteiger partial charge is 0.224 e. The summed E-state index contributed by atoms with van der Waals surface area (Å²) in [5.74, 6) is 0.290. The van der Waals surface area contributed by atoms with Gasteiger partial charge in [-0.05, 0) is 18.4 Å². The molecule has 1 aromatic heterocycles. The molecule has 1 saturated heterocycles. The molecule has 0 aromatic carbocycles. The van der Waals surface area contributed by atoms with Crippen LogP contribution in [0.1, 0.15) is 27.2 Å². The van der Waals surface area contributed by atoms with Crippen molar-refractivity contribution < 1.29 is 4.79 Å². The molecule has 0 aliphatic carbocycles. The third-order valence-corrected chi connectivity index (χ3v) is 3.75. The Balaban J connectivity index is 1.99. The van der Waals surface area contributed by atoms with Crippen LogP contribution in [0, 0.1) is 11.3 Å². The van der Waals surface area contributed by atoms with Crippen molar-refractivity contribution in [2.75, 3.05) is 13.1 Å². The van der Waals surface area contributed by atoms with Crippen LogP contribution in [-0.2, 0) is 11.3 Å². The number of aromatic nitrogens is 2. The fourth-order valence-electron chi connectivity index (χ4n) is 2.31. The first-order chi connectivity index (χ1) is 8.97. The van der Waals surface area contributed by atoms with Gasteiger partial charge in [0.25, 0.3) is 0 Å². The van der Waals surface area contributed by atoms with Gasteiger partial charge >= 0.3 is 0 Å². The first kappa shape index (κ1) is 14.1. The van der Waals surface area contributed by atoms with Crippen molar-refractivity contribution in [1.29, 1.82) is 0 Å². The third kappa shape index (κ3) is 3.80. The number of amides is 1. The van der Waals surface area contributed by atoms with Gasteiger partial charge in [-0.1, -0.05) is 20.8 Å². The second kappa shape index (κ2) is 5.74. The van der Waals surface area contributed by atoms with Gasteiger partial charge in [0.15, 0.2) is 0 Å². The SMILES string of the molecule is CC(C)(C)C(Cn1ccnc1)NC(=O)C1CCNC1. The van der Waals surface area contributed by atoms with E-state index < -0.39 is 0 Å². The summed E-state index contributed by atoms with van der Waals surface area (Å²) in [6.07, 6.45) is 6.43. The minimum atomic E-state index is 0.0198. The summed E-state index contributed by atoms with van der Waals surface area (Å²) in [6, 6.07) is 0.106. The van der Waals surface area contributed by atoms with Crippen molar-refractivity contribution in [1.82, 2.24) is 20.2 Å². The van der Waals surface area contributed by atoms with E-state index in [0.29, 0.717) is 0 Å². The maximum absolute atomic E-state index is 12.3. The van der Waals surface area contributed by atoms with Crippen molar-refractivity contribution in [3.8, 4) is 0 Å². The number of hydrogen-bond donors (Lipinski definition) is 2. The van der Waals surface area contributed by atoms with E-state index in [9.17, 15) is 4.79 Å². The lowest BCUT2D eigenvalue weighted by molar-refractivity contribution is -0.126. The van der Waals surface area contributed by atoms with Gasteiger partial charge in [0.1, 0.15) is 0 Å². The molecule has 106 valence electrons. The second-order valence-corrected chi connectivity index (χ2v) is 6.38. The Morgan fingerprint density at radius 2 is 2.37 bits per heavy atom. The molecule has 1 amide bonds. The van der Waals surface area contributed by atoms with Crippen molar-refractivity contribution in [2.45, 2.75) is 39.8 Å². The van der Waals surface area contributed by atoms with Gasteiger partial charge in [0.2, 0.25) is 5.91 Å². The highest BCUT2D eigenvalue weighted by molar-refractivity contribution is 5.79. The Bertz CT molecular complexity index is 402. The van der Waals surface area contributed by atoms with Gasteiger partial charge in [-0.25, -0.2) is 4.98 Å². The molecule has 1 aliphatic rings. The van der Waals surface area contributed by atoms with E-state index in [4.69, 9.17) is 0 Å². The Morgan fingerprint density at radius 1 is 1.58 bits per heavy atom. The maximum atomic E-state index is 12.3. The van der Waals surface area contributed by atoms with Crippen LogP contribution in [-0.4, -0.2) is 34.6 Å². The zero-order valence-corrected chi connectivity index (χ0v) is 12.0. The topological polar surface area (TPSA) is 59.0 Å². The summed E-state index contributed by atoms with van der Waals surface area (Å²) < 4.78 is 2.02. The van der Waals surface area contributed by atoms with Crippen LogP contribution in [0.2, 0.25) is 0 Å². The first-order valence-corrected chi connectivity index (χ1v) is 6.93. The van der Waals surface area contributed by atoms with Crippen LogP contribution < -0.4 is 10.6 Å². The molecule has 2 heterocycles. The van der Waals surface area contributed by atoms with E-state index in [1.807, 2.05) is 10.8 Å². The summed E-state index contributed by atoms with van der Waals surface area (Å²) in [6.45, 7) is 8.97. The van der Waals surface area contributed by atoms with Crippen LogP contribution >= 0.6 is 0 Å². The summed E-state index contributed by atoms with van der Waals surface area (Å²) in [7, 11) is 0. The number of nitrogens with one attached hydrogen (secondary N) is 2. The van der Waals surface area contributed by atoms with Crippen LogP contribution in [0.5, 0.6) is 0 Å². The molecule has 5 heteroatoms. The van der Waals surface area contributed by atoms with Crippen molar-refractivity contribution >= 4 is 5.91 Å². The minimum Gasteiger partial charge on any atom is -0.351 e. The standard InChI is InChI=1S/C14H24N4O/c1-14(2,3)12(9-18-7-6-16-10-18)17-13(19)11-4-5-15-8-11/h6-7,10-12,15H,4-5,8-9H2,1-3H3,(H,17,19). The molecule has 19 heavy (non-hydrogen) atoms. The highest BCUT2D eigenvalue weighted by atomic mass is 16.2. The van der Waals surface area contributed by atoms with Crippen LogP contribution in [0.3, 0.4) is 0 Å². The molecule has 1 aliphatic heterocycles. The van der Waals surface area contributed by atoms with Gasteiger partial charge in [0, 0.05) is 25.5 Å². The van der Waals surface area contributed by atoms with Gasteiger partial charge in [-0.15, -0.1) is 0 Å². The fourth-order valence-corrected chi connectivity index (χ4v) is 2.31. The number of rotatable bonds is 4. The monoisotopic (exact) mass is 264 g/mol. The van der Waals surface area contributed by atoms with Crippen molar-refractivity contribution in [3.05, 3.63) is 18.7 Å². The lowest BCUT2D eigenvalue weighted by Gasteiger charge is -2.32. The molecule has 2 unspecified atom stereocenters. The van der Waals surface area contributed by atoms with E-state index in [2.05, 4.69) is 36.4 Å². The molecule has 0 bridgehead atoms. The molecule has 0 radical (unpaired) electrons. The van der Waals surface area contributed by atoms with Gasteiger partial charge in [0.05, 0.1) is 18.3 Å². The van der Waals surface area contributed by atoms with Crippen molar-refractivity contribution in [2.24, 2.45) is 11.3 Å². The number of carbonyl (C=O) groups excluding carboxylic acids is 1. The molecule has 2 rings (SSSR count). The summed E-state index contributed by atoms with van der Waals surface area (Å²) in [4.78, 5) is 16.3. The molecular formula is C14H24N4O. The highest BCUT2D eigenvalue weighted by Crippen LogP contribution is 2.21. The maximum Gasteiger partial charge on any atom is 0.224 e. The van der Waals surface area contributed by atoms with Crippen LogP contribution in [0.15, 0.2) is 18.7 Å². The number of imidazole rings is 1. The van der Waals surface area contributed by atoms with E-state index in [1.54, 1.807) is 12.5 Å². The van der Waals surface area contributed by atoms with E-state index in [0.717, 1.165) is 26.1 Å². The molecule has 0 spiro atoms. The normalized spacial score (nSPS) is 21.3. The van der Waals surface area contributed by atoms with Crippen molar-refractivity contribution in [3.63, 3.8) is 0 Å². The fraction of sp³-hybridized carbons (Fsp3) is 0.714. The van der Waals surface area contributed by atoms with E-state index >= 15 is 0 Å². The second-order valence-electron chi connectivity index (χ2n) is 6.38. The molecule has 1 aromatic rings. The molecule has 0 saturated carbocycles. The Kier molecular flexibility index (Phi) is 4.24. The van der Waals surface area contributed by atoms with Gasteiger partial charge in [-0.2, -0.15) is 0 Å². The van der Waals surface area contributed by atoms with E-state index in [-0.39, 0.29) is 23.3 Å². The molecule has 1 fully saturated rings. The Labute approximate surface area is 114 Å². The lowest BCUT2D eigenvalue weighted by Crippen LogP contribution is -2.48. The zero-order valence-electron chi connectivity index (χ0n) is 12.0. The van der Waals surface area contributed by atoms with Gasteiger partial charge in [-0.3, -0.25) is 4.79 Å². The summed E-state index contributed by atoms with van der Waals surface area (Å²) in [5.41, 5.74) is 0.0198. The van der Waals surface area contributed by atoms with Gasteiger partial charge < -0.3 is 15.2 Å². The predicted molar refractivity (Wildman–Crippen MR) is 74.6 cm³/mol. The molecular weight excluding hydrogens is 240 g/mol. The Morgan fingerprint density at radius 3 is 2.89 bits per heavy atom. The molecule has 5 nitrogen and oxygen atoms in total. The average molecular weight is 264 g/mol. The third-order valence-electron chi connectivity index (χ3n) is 3.75. The summed E-state index contributed by atoms with van der Waals surface area (Å²) in [5, 5.41) is 6.44. The highest BCUT2D eigenvalue weighted by Gasteiger charge is 2.30. The lowest BCUT2D eigenvalue weighted by atomic mass is 9.86. The minimum absolute atomic E-state index is 0.0198. The van der Waals surface area contributed by atoms with Crippen LogP contribution in [0.4, 0.5) is 0 Å². The molecule has 2 atom stereocenters. The predicted octanol–water partition coefficient (Wildman–Crippen LogP) is 1.02. The number of hydrogen-bond acceptors (Lipinski definition) is 3. The molecule has 2 N–H and O–H groups in total. The van der Waals surface area contributed by atoms with E-state index in [1.165, 1.54) is 0 Å². The quantitative estimate of drug-likeness (QED) is 0.854. The first-order valence-electron chi connectivity index (χ1n) is 6.93. The largest absolute Gasteiger partial charge is 0.351 e. The summed E-state index contributed by atoms with van der Waals surface area (Å²) >= 11 is 0. The van der Waals surface area contributed by atoms with Crippen LogP contribution in [0.25, 0.3) is 0 Å². The zero-order chi connectivity index (χ0) is 13.9.